The van der Waals surface area contributed by atoms with Crippen LogP contribution in [0.5, 0.6) is 5.75 Å². The molecule has 0 unspecified atom stereocenters. The minimum Gasteiger partial charge on any atom is -0.491 e. The SMILES string of the molecule is O=C(O)C1CCN(C(=O)c2cccc(OC[C@@H]3CCCO3)c2)CC1. The summed E-state index contributed by atoms with van der Waals surface area (Å²) in [5.41, 5.74) is 0.577. The maximum absolute atomic E-state index is 12.6. The Morgan fingerprint density at radius 3 is 2.71 bits per heavy atom. The van der Waals surface area contributed by atoms with Gasteiger partial charge in [-0.3, -0.25) is 9.59 Å². The summed E-state index contributed by atoms with van der Waals surface area (Å²) in [6.45, 7) is 2.26. The predicted molar refractivity (Wildman–Crippen MR) is 87.2 cm³/mol. The second-order valence-corrected chi connectivity index (χ2v) is 6.38. The highest BCUT2D eigenvalue weighted by atomic mass is 16.5. The van der Waals surface area contributed by atoms with E-state index in [2.05, 4.69) is 0 Å². The first-order valence-electron chi connectivity index (χ1n) is 8.50. The predicted octanol–water partition coefficient (Wildman–Crippen LogP) is 2.18. The third-order valence-electron chi connectivity index (χ3n) is 4.67. The van der Waals surface area contributed by atoms with E-state index in [1.807, 2.05) is 12.1 Å². The van der Waals surface area contributed by atoms with Gasteiger partial charge in [0.25, 0.3) is 5.91 Å². The van der Waals surface area contributed by atoms with Crippen molar-refractivity contribution in [2.24, 2.45) is 5.92 Å². The van der Waals surface area contributed by atoms with Crippen molar-refractivity contribution in [2.45, 2.75) is 31.8 Å². The lowest BCUT2D eigenvalue weighted by Gasteiger charge is -2.30. The fraction of sp³-hybridized carbons (Fsp3) is 0.556. The summed E-state index contributed by atoms with van der Waals surface area (Å²) in [7, 11) is 0. The van der Waals surface area contributed by atoms with E-state index >= 15 is 0 Å². The van der Waals surface area contributed by atoms with Gasteiger partial charge in [0.1, 0.15) is 12.4 Å². The highest BCUT2D eigenvalue weighted by molar-refractivity contribution is 5.94. The van der Waals surface area contributed by atoms with Crippen molar-refractivity contribution < 1.29 is 24.2 Å². The fourth-order valence-corrected chi connectivity index (χ4v) is 3.20. The number of hydrogen-bond acceptors (Lipinski definition) is 4. The molecule has 2 saturated heterocycles. The molecule has 3 rings (SSSR count). The first-order valence-corrected chi connectivity index (χ1v) is 8.50. The molecule has 0 bridgehead atoms. The number of hydrogen-bond donors (Lipinski definition) is 1. The molecule has 1 aromatic rings. The molecule has 1 aromatic carbocycles. The second kappa shape index (κ2) is 7.66. The van der Waals surface area contributed by atoms with Crippen LogP contribution in [0.2, 0.25) is 0 Å². The molecule has 2 heterocycles. The summed E-state index contributed by atoms with van der Waals surface area (Å²) >= 11 is 0. The van der Waals surface area contributed by atoms with E-state index in [-0.39, 0.29) is 17.9 Å². The van der Waals surface area contributed by atoms with E-state index in [4.69, 9.17) is 14.6 Å². The van der Waals surface area contributed by atoms with Crippen molar-refractivity contribution >= 4 is 11.9 Å². The van der Waals surface area contributed by atoms with Gasteiger partial charge in [0, 0.05) is 25.3 Å². The molecule has 0 radical (unpaired) electrons. The summed E-state index contributed by atoms with van der Waals surface area (Å²) < 4.78 is 11.3. The van der Waals surface area contributed by atoms with Gasteiger partial charge in [-0.2, -0.15) is 0 Å². The number of carboxylic acids is 1. The van der Waals surface area contributed by atoms with Gasteiger partial charge in [-0.25, -0.2) is 0 Å². The maximum Gasteiger partial charge on any atom is 0.306 e. The highest BCUT2D eigenvalue weighted by Gasteiger charge is 2.27. The molecule has 0 aliphatic carbocycles. The maximum atomic E-state index is 12.6. The van der Waals surface area contributed by atoms with Crippen molar-refractivity contribution in [1.29, 1.82) is 0 Å². The molecule has 0 aromatic heterocycles. The average Bonchev–Trinajstić information content (AvgIpc) is 3.13. The van der Waals surface area contributed by atoms with E-state index in [1.165, 1.54) is 0 Å². The highest BCUT2D eigenvalue weighted by Crippen LogP contribution is 2.22. The van der Waals surface area contributed by atoms with Gasteiger partial charge in [-0.1, -0.05) is 6.07 Å². The third kappa shape index (κ3) is 4.06. The molecule has 2 aliphatic heterocycles. The summed E-state index contributed by atoms with van der Waals surface area (Å²) in [4.78, 5) is 25.3. The molecular weight excluding hydrogens is 310 g/mol. The van der Waals surface area contributed by atoms with Gasteiger partial charge in [0.2, 0.25) is 0 Å². The van der Waals surface area contributed by atoms with Crippen LogP contribution in [-0.4, -0.2) is 54.3 Å². The van der Waals surface area contributed by atoms with Crippen LogP contribution in [0.15, 0.2) is 24.3 Å². The monoisotopic (exact) mass is 333 g/mol. The van der Waals surface area contributed by atoms with Gasteiger partial charge in [0.05, 0.1) is 12.0 Å². The Kier molecular flexibility index (Phi) is 5.35. The molecule has 1 amide bonds. The topological polar surface area (TPSA) is 76.1 Å². The van der Waals surface area contributed by atoms with Crippen LogP contribution in [0.1, 0.15) is 36.0 Å². The lowest BCUT2D eigenvalue weighted by molar-refractivity contribution is -0.143. The number of carbonyl (C=O) groups excluding carboxylic acids is 1. The lowest BCUT2D eigenvalue weighted by Crippen LogP contribution is -2.40. The standard InChI is InChI=1S/C18H23NO5/c20-17(19-8-6-13(7-9-19)18(21)22)14-3-1-4-15(11-14)24-12-16-5-2-10-23-16/h1,3-4,11,13,16H,2,5-10,12H2,(H,21,22)/t16-/m0/s1. The summed E-state index contributed by atoms with van der Waals surface area (Å²) in [6, 6.07) is 7.16. The van der Waals surface area contributed by atoms with Crippen molar-refractivity contribution in [3.8, 4) is 5.75 Å². The number of benzene rings is 1. The Hall–Kier alpha value is -2.08. The van der Waals surface area contributed by atoms with Crippen LogP contribution in [0.25, 0.3) is 0 Å². The number of carbonyl (C=O) groups is 2. The molecule has 0 saturated carbocycles. The Morgan fingerprint density at radius 1 is 1.25 bits per heavy atom. The molecule has 2 fully saturated rings. The number of ether oxygens (including phenoxy) is 2. The van der Waals surface area contributed by atoms with Crippen LogP contribution in [0, 0.1) is 5.92 Å². The zero-order chi connectivity index (χ0) is 16.9. The number of nitrogens with zero attached hydrogens (tertiary/aromatic N) is 1. The van der Waals surface area contributed by atoms with Crippen molar-refractivity contribution in [3.63, 3.8) is 0 Å². The molecule has 130 valence electrons. The molecule has 6 nitrogen and oxygen atoms in total. The van der Waals surface area contributed by atoms with Crippen LogP contribution >= 0.6 is 0 Å². The summed E-state index contributed by atoms with van der Waals surface area (Å²) in [6.07, 6.45) is 3.24. The third-order valence-corrected chi connectivity index (χ3v) is 4.67. The quantitative estimate of drug-likeness (QED) is 0.894. The number of likely N-dealkylation sites (tertiary alicyclic amines) is 1. The van der Waals surface area contributed by atoms with Gasteiger partial charge >= 0.3 is 5.97 Å². The van der Waals surface area contributed by atoms with Crippen LogP contribution in [0.4, 0.5) is 0 Å². The van der Waals surface area contributed by atoms with Crippen molar-refractivity contribution in [2.75, 3.05) is 26.3 Å². The second-order valence-electron chi connectivity index (χ2n) is 6.38. The van der Waals surface area contributed by atoms with E-state index in [0.717, 1.165) is 19.4 Å². The summed E-state index contributed by atoms with van der Waals surface area (Å²) in [5, 5.41) is 9.04. The Bertz CT molecular complexity index is 589. The minimum absolute atomic E-state index is 0.0681. The minimum atomic E-state index is -0.772. The van der Waals surface area contributed by atoms with E-state index in [1.54, 1.807) is 17.0 Å². The number of piperidine rings is 1. The molecular formula is C18H23NO5. The van der Waals surface area contributed by atoms with Gasteiger partial charge < -0.3 is 19.5 Å². The van der Waals surface area contributed by atoms with E-state index in [9.17, 15) is 9.59 Å². The van der Waals surface area contributed by atoms with Gasteiger partial charge in [0.15, 0.2) is 0 Å². The van der Waals surface area contributed by atoms with Crippen molar-refractivity contribution in [3.05, 3.63) is 29.8 Å². The van der Waals surface area contributed by atoms with Gasteiger partial charge in [-0.15, -0.1) is 0 Å². The van der Waals surface area contributed by atoms with Crippen LogP contribution < -0.4 is 4.74 Å². The first-order chi connectivity index (χ1) is 11.6. The van der Waals surface area contributed by atoms with E-state index in [0.29, 0.717) is 43.9 Å². The lowest BCUT2D eigenvalue weighted by atomic mass is 9.96. The van der Waals surface area contributed by atoms with Crippen LogP contribution in [0.3, 0.4) is 0 Å². The average molecular weight is 333 g/mol. The Morgan fingerprint density at radius 2 is 2.04 bits per heavy atom. The molecule has 0 spiro atoms. The number of aliphatic carboxylic acids is 1. The first kappa shape index (κ1) is 16.8. The molecule has 1 atom stereocenters. The smallest absolute Gasteiger partial charge is 0.306 e. The number of rotatable bonds is 5. The normalized spacial score (nSPS) is 21.7. The molecule has 2 aliphatic rings. The zero-order valence-corrected chi connectivity index (χ0v) is 13.6. The summed E-state index contributed by atoms with van der Waals surface area (Å²) in [5.74, 6) is -0.514. The molecule has 1 N–H and O–H groups in total. The number of amides is 1. The Labute approximate surface area is 141 Å². The van der Waals surface area contributed by atoms with Crippen molar-refractivity contribution in [1.82, 2.24) is 4.90 Å². The largest absolute Gasteiger partial charge is 0.491 e. The molecule has 24 heavy (non-hydrogen) atoms. The number of carboxylic acid groups (broad SMARTS) is 1. The van der Waals surface area contributed by atoms with Crippen LogP contribution in [-0.2, 0) is 9.53 Å². The fourth-order valence-electron chi connectivity index (χ4n) is 3.20. The zero-order valence-electron chi connectivity index (χ0n) is 13.6. The van der Waals surface area contributed by atoms with E-state index < -0.39 is 5.97 Å². The Balaban J connectivity index is 1.56. The van der Waals surface area contributed by atoms with Gasteiger partial charge in [-0.05, 0) is 43.9 Å². The molecule has 6 heteroatoms.